The van der Waals surface area contributed by atoms with Crippen LogP contribution >= 0.6 is 11.3 Å². The minimum absolute atomic E-state index is 0.196. The Morgan fingerprint density at radius 1 is 1.34 bits per heavy atom. The summed E-state index contributed by atoms with van der Waals surface area (Å²) in [6.07, 6.45) is 2.20. The molecule has 1 aromatic carbocycles. The van der Waals surface area contributed by atoms with Gasteiger partial charge < -0.3 is 14.4 Å². The molecule has 0 N–H and O–H groups in total. The molecule has 2 aromatic rings. The highest BCUT2D eigenvalue weighted by atomic mass is 32.2. The summed E-state index contributed by atoms with van der Waals surface area (Å²) in [6.45, 7) is 7.01. The molecule has 0 radical (unpaired) electrons. The van der Waals surface area contributed by atoms with Gasteiger partial charge in [0.25, 0.3) is 5.19 Å². The minimum atomic E-state index is -3.61. The van der Waals surface area contributed by atoms with Crippen LogP contribution in [0.15, 0.2) is 29.3 Å². The van der Waals surface area contributed by atoms with Gasteiger partial charge in [-0.3, -0.25) is 0 Å². The number of rotatable bonds is 5. The first-order valence-corrected chi connectivity index (χ1v) is 11.7. The van der Waals surface area contributed by atoms with Crippen molar-refractivity contribution in [3.05, 3.63) is 30.2 Å². The smallest absolute Gasteiger partial charge is 0.410 e. The highest BCUT2D eigenvalue weighted by Gasteiger charge is 2.34. The van der Waals surface area contributed by atoms with Gasteiger partial charge in [0, 0.05) is 31.5 Å². The van der Waals surface area contributed by atoms with E-state index in [-0.39, 0.29) is 16.9 Å². The summed E-state index contributed by atoms with van der Waals surface area (Å²) in [5.41, 5.74) is 0.0107. The molecule has 0 aliphatic carbocycles. The predicted molar refractivity (Wildman–Crippen MR) is 107 cm³/mol. The number of halogens is 1. The molecule has 1 saturated heterocycles. The molecule has 2 heterocycles. The van der Waals surface area contributed by atoms with Gasteiger partial charge in [-0.05, 0) is 38.5 Å². The van der Waals surface area contributed by atoms with Crippen LogP contribution in [0.5, 0.6) is 5.19 Å². The molecule has 0 atom stereocenters. The number of aromatic nitrogens is 1. The summed E-state index contributed by atoms with van der Waals surface area (Å²) in [5, 5.41) is 0.434. The SMILES string of the molecule is CC(C)(C)OC(=O)N1CC(COc2ncc(-c3ccc(S(C)(=O)=O)c(F)c3)s2)C1. The molecule has 1 aromatic heterocycles. The van der Waals surface area contributed by atoms with Crippen LogP contribution in [0, 0.1) is 11.7 Å². The second kappa shape index (κ2) is 7.91. The van der Waals surface area contributed by atoms with E-state index in [1.54, 1.807) is 17.2 Å². The van der Waals surface area contributed by atoms with Crippen LogP contribution in [-0.4, -0.2) is 55.9 Å². The molecule has 158 valence electrons. The number of carbonyl (C=O) groups is 1. The monoisotopic (exact) mass is 442 g/mol. The molecular formula is C19H23FN2O5S2. The van der Waals surface area contributed by atoms with E-state index in [0.29, 0.717) is 35.3 Å². The Bertz CT molecular complexity index is 1010. The maximum atomic E-state index is 14.1. The Hall–Kier alpha value is -2.20. The second-order valence-corrected chi connectivity index (χ2v) is 10.9. The number of benzene rings is 1. The van der Waals surface area contributed by atoms with E-state index in [4.69, 9.17) is 9.47 Å². The largest absolute Gasteiger partial charge is 0.470 e. The van der Waals surface area contributed by atoms with Gasteiger partial charge in [-0.15, -0.1) is 0 Å². The maximum absolute atomic E-state index is 14.1. The molecule has 0 bridgehead atoms. The Balaban J connectivity index is 1.53. The van der Waals surface area contributed by atoms with Crippen LogP contribution < -0.4 is 4.74 Å². The fraction of sp³-hybridized carbons (Fsp3) is 0.474. The topological polar surface area (TPSA) is 85.8 Å². The highest BCUT2D eigenvalue weighted by Crippen LogP contribution is 2.32. The molecule has 1 aliphatic rings. The fourth-order valence-electron chi connectivity index (χ4n) is 2.75. The lowest BCUT2D eigenvalue weighted by atomic mass is 10.0. The fourth-order valence-corrected chi connectivity index (χ4v) is 4.25. The average molecular weight is 443 g/mol. The molecule has 1 fully saturated rings. The van der Waals surface area contributed by atoms with Crippen molar-refractivity contribution in [3.63, 3.8) is 0 Å². The summed E-state index contributed by atoms with van der Waals surface area (Å²) < 4.78 is 48.1. The first-order chi connectivity index (χ1) is 13.4. The van der Waals surface area contributed by atoms with E-state index >= 15 is 0 Å². The van der Waals surface area contributed by atoms with Crippen LogP contribution in [0.25, 0.3) is 10.4 Å². The third-order valence-electron chi connectivity index (χ3n) is 4.15. The van der Waals surface area contributed by atoms with E-state index in [0.717, 1.165) is 6.26 Å². The van der Waals surface area contributed by atoms with E-state index in [9.17, 15) is 17.6 Å². The zero-order valence-corrected chi connectivity index (χ0v) is 18.3. The Kier molecular flexibility index (Phi) is 5.86. The summed E-state index contributed by atoms with van der Waals surface area (Å²) in [5.74, 6) is -0.598. The van der Waals surface area contributed by atoms with Crippen molar-refractivity contribution in [2.24, 2.45) is 5.92 Å². The summed E-state index contributed by atoms with van der Waals surface area (Å²) in [4.78, 5) is 18.1. The van der Waals surface area contributed by atoms with Crippen molar-refractivity contribution in [2.75, 3.05) is 26.0 Å². The number of hydrogen-bond donors (Lipinski definition) is 0. The van der Waals surface area contributed by atoms with Gasteiger partial charge in [-0.2, -0.15) is 0 Å². The lowest BCUT2D eigenvalue weighted by molar-refractivity contribution is -0.00782. The number of amides is 1. The normalized spacial score (nSPS) is 15.1. The summed E-state index contributed by atoms with van der Waals surface area (Å²) >= 11 is 1.24. The molecule has 0 saturated carbocycles. The molecule has 0 spiro atoms. The number of nitrogens with zero attached hydrogens (tertiary/aromatic N) is 2. The van der Waals surface area contributed by atoms with Crippen molar-refractivity contribution in [1.29, 1.82) is 0 Å². The van der Waals surface area contributed by atoms with E-state index in [1.165, 1.54) is 23.5 Å². The van der Waals surface area contributed by atoms with Crippen LogP contribution in [0.2, 0.25) is 0 Å². The molecule has 29 heavy (non-hydrogen) atoms. The third kappa shape index (κ3) is 5.45. The van der Waals surface area contributed by atoms with E-state index in [2.05, 4.69) is 4.98 Å². The number of carbonyl (C=O) groups excluding carboxylic acids is 1. The lowest BCUT2D eigenvalue weighted by Crippen LogP contribution is -2.53. The number of thiazole rings is 1. The van der Waals surface area contributed by atoms with Crippen LogP contribution in [0.1, 0.15) is 20.8 Å². The highest BCUT2D eigenvalue weighted by molar-refractivity contribution is 7.90. The zero-order valence-electron chi connectivity index (χ0n) is 16.6. The van der Waals surface area contributed by atoms with Gasteiger partial charge in [0.05, 0.1) is 11.5 Å². The number of sulfone groups is 1. The molecule has 10 heteroatoms. The first kappa shape index (κ1) is 21.5. The van der Waals surface area contributed by atoms with Crippen molar-refractivity contribution < 1.29 is 27.1 Å². The number of hydrogen-bond acceptors (Lipinski definition) is 7. The molecule has 1 amide bonds. The molecule has 0 unspecified atom stereocenters. The van der Waals surface area contributed by atoms with Gasteiger partial charge in [0.1, 0.15) is 16.3 Å². The van der Waals surface area contributed by atoms with Gasteiger partial charge in [0.15, 0.2) is 9.84 Å². The Morgan fingerprint density at radius 3 is 2.62 bits per heavy atom. The van der Waals surface area contributed by atoms with Crippen molar-refractivity contribution in [3.8, 4) is 15.6 Å². The minimum Gasteiger partial charge on any atom is -0.470 e. The predicted octanol–water partition coefficient (Wildman–Crippen LogP) is 3.60. The van der Waals surface area contributed by atoms with Crippen LogP contribution in [0.3, 0.4) is 0 Å². The van der Waals surface area contributed by atoms with Gasteiger partial charge in [-0.25, -0.2) is 22.6 Å². The van der Waals surface area contributed by atoms with Crippen LogP contribution in [0.4, 0.5) is 9.18 Å². The zero-order chi connectivity index (χ0) is 21.4. The average Bonchev–Trinajstić information content (AvgIpc) is 2.99. The van der Waals surface area contributed by atoms with E-state index in [1.807, 2.05) is 20.8 Å². The van der Waals surface area contributed by atoms with Crippen molar-refractivity contribution in [1.82, 2.24) is 9.88 Å². The van der Waals surface area contributed by atoms with Gasteiger partial charge in [-0.1, -0.05) is 17.4 Å². The Morgan fingerprint density at radius 2 is 2.03 bits per heavy atom. The third-order valence-corrected chi connectivity index (χ3v) is 6.24. The number of likely N-dealkylation sites (tertiary alicyclic amines) is 1. The van der Waals surface area contributed by atoms with E-state index < -0.39 is 21.3 Å². The van der Waals surface area contributed by atoms with Gasteiger partial charge in [0.2, 0.25) is 0 Å². The molecule has 3 rings (SSSR count). The Labute approximate surface area is 173 Å². The maximum Gasteiger partial charge on any atom is 0.410 e. The standard InChI is InChI=1S/C19H23FN2O5S2/c1-19(2,3)27-18(23)22-9-12(10-22)11-26-17-21-8-15(28-17)13-5-6-16(14(20)7-13)29(4,24)25/h5-8,12H,9-11H2,1-4H3. The van der Waals surface area contributed by atoms with Crippen molar-refractivity contribution in [2.45, 2.75) is 31.3 Å². The number of ether oxygens (including phenoxy) is 2. The van der Waals surface area contributed by atoms with Crippen molar-refractivity contribution >= 4 is 27.3 Å². The lowest BCUT2D eigenvalue weighted by Gasteiger charge is -2.39. The second-order valence-electron chi connectivity index (χ2n) is 7.97. The first-order valence-electron chi connectivity index (χ1n) is 8.99. The molecular weight excluding hydrogens is 419 g/mol. The molecule has 7 nitrogen and oxygen atoms in total. The summed E-state index contributed by atoms with van der Waals surface area (Å²) in [6, 6.07) is 3.97. The molecule has 1 aliphatic heterocycles. The summed E-state index contributed by atoms with van der Waals surface area (Å²) in [7, 11) is -3.61. The van der Waals surface area contributed by atoms with Gasteiger partial charge >= 0.3 is 6.09 Å². The quantitative estimate of drug-likeness (QED) is 0.703. The van der Waals surface area contributed by atoms with Crippen LogP contribution in [-0.2, 0) is 14.6 Å².